The minimum atomic E-state index is -4.80. The Bertz CT molecular complexity index is 713. The van der Waals surface area contributed by atoms with Crippen molar-refractivity contribution in [3.63, 3.8) is 0 Å². The second-order valence-electron chi connectivity index (χ2n) is 7.09. The number of carbonyl (C=O) groups is 2. The standard InChI is InChI=1S/C14H23N5O6S/c1-17-5-4-9(7-17)6-12(20)16-13(15)11-3-2-10-8-18(11)14(21)19(10)25-26(22,23)24/h9-11H,2-8H2,1H3,(H2,15,16,20)(H,22,23,24). The number of nitrogens with one attached hydrogen (secondary N) is 2. The monoisotopic (exact) mass is 389 g/mol. The normalized spacial score (nSPS) is 29.3. The van der Waals surface area contributed by atoms with Crippen molar-refractivity contribution in [2.75, 3.05) is 26.7 Å². The lowest BCUT2D eigenvalue weighted by molar-refractivity contribution is -0.120. The van der Waals surface area contributed by atoms with E-state index in [4.69, 9.17) is 9.96 Å². The summed E-state index contributed by atoms with van der Waals surface area (Å²) in [4.78, 5) is 27.9. The zero-order valence-corrected chi connectivity index (χ0v) is 15.2. The van der Waals surface area contributed by atoms with Gasteiger partial charge in [0.05, 0.1) is 12.1 Å². The topological polar surface area (TPSA) is 143 Å². The van der Waals surface area contributed by atoms with E-state index in [0.29, 0.717) is 24.3 Å². The molecule has 0 saturated carbocycles. The van der Waals surface area contributed by atoms with Crippen LogP contribution in [-0.2, 0) is 19.5 Å². The first kappa shape index (κ1) is 19.0. The molecule has 3 unspecified atom stereocenters. The van der Waals surface area contributed by atoms with E-state index in [1.165, 1.54) is 4.90 Å². The molecule has 0 aliphatic carbocycles. The molecule has 2 bridgehead atoms. The second-order valence-corrected chi connectivity index (χ2v) is 8.10. The number of hydroxylamine groups is 2. The Kier molecular flexibility index (Phi) is 5.19. The third-order valence-electron chi connectivity index (χ3n) is 5.07. The molecule has 3 heterocycles. The average Bonchev–Trinajstić information content (AvgIpc) is 3.03. The number of likely N-dealkylation sites (tertiary alicyclic amines) is 1. The first-order valence-corrected chi connectivity index (χ1v) is 9.84. The predicted octanol–water partition coefficient (Wildman–Crippen LogP) is -0.575. The van der Waals surface area contributed by atoms with Gasteiger partial charge in [-0.05, 0) is 38.8 Å². The number of carbonyl (C=O) groups excluding carboxylic acids is 2. The van der Waals surface area contributed by atoms with Crippen LogP contribution in [-0.4, -0.2) is 84.4 Å². The first-order valence-electron chi connectivity index (χ1n) is 8.47. The van der Waals surface area contributed by atoms with Crippen LogP contribution in [0.4, 0.5) is 4.79 Å². The summed E-state index contributed by atoms with van der Waals surface area (Å²) in [6.45, 7) is 1.97. The number of amides is 3. The van der Waals surface area contributed by atoms with E-state index >= 15 is 0 Å². The van der Waals surface area contributed by atoms with Crippen LogP contribution in [0.5, 0.6) is 0 Å². The summed E-state index contributed by atoms with van der Waals surface area (Å²) in [5.41, 5.74) is 0. The molecular weight excluding hydrogens is 366 g/mol. The van der Waals surface area contributed by atoms with Gasteiger partial charge in [-0.25, -0.2) is 4.79 Å². The number of urea groups is 1. The number of nitrogens with zero attached hydrogens (tertiary/aromatic N) is 3. The molecule has 3 atom stereocenters. The summed E-state index contributed by atoms with van der Waals surface area (Å²) in [6, 6.07) is -1.91. The van der Waals surface area contributed by atoms with Crippen molar-refractivity contribution in [3.05, 3.63) is 0 Å². The maximum atomic E-state index is 12.3. The molecule has 3 rings (SSSR count). The number of amidine groups is 1. The van der Waals surface area contributed by atoms with Gasteiger partial charge in [-0.3, -0.25) is 14.8 Å². The van der Waals surface area contributed by atoms with Gasteiger partial charge in [0.25, 0.3) is 0 Å². The van der Waals surface area contributed by atoms with Crippen molar-refractivity contribution < 1.29 is 26.8 Å². The maximum absolute atomic E-state index is 12.3. The molecule has 0 aromatic rings. The smallest absolute Gasteiger partial charge is 0.313 e. The zero-order valence-electron chi connectivity index (χ0n) is 14.4. The van der Waals surface area contributed by atoms with E-state index in [2.05, 4.69) is 14.5 Å². The maximum Gasteiger partial charge on any atom is 0.418 e. The van der Waals surface area contributed by atoms with Crippen molar-refractivity contribution >= 4 is 28.2 Å². The van der Waals surface area contributed by atoms with Gasteiger partial charge in [-0.15, -0.1) is 4.28 Å². The van der Waals surface area contributed by atoms with Gasteiger partial charge in [0.1, 0.15) is 5.84 Å². The fourth-order valence-corrected chi connectivity index (χ4v) is 4.26. The van der Waals surface area contributed by atoms with Crippen LogP contribution in [0.2, 0.25) is 0 Å². The highest BCUT2D eigenvalue weighted by atomic mass is 32.3. The molecule has 0 aromatic carbocycles. The largest absolute Gasteiger partial charge is 0.418 e. The predicted molar refractivity (Wildman–Crippen MR) is 89.5 cm³/mol. The number of fused-ring (bicyclic) bond motifs is 2. The van der Waals surface area contributed by atoms with E-state index in [1.807, 2.05) is 7.05 Å². The number of hydrogen-bond donors (Lipinski definition) is 3. The molecule has 3 saturated heterocycles. The Labute approximate surface area is 151 Å². The first-order chi connectivity index (χ1) is 12.1. The van der Waals surface area contributed by atoms with E-state index in [9.17, 15) is 18.0 Å². The zero-order chi connectivity index (χ0) is 19.1. The second kappa shape index (κ2) is 7.10. The summed E-state index contributed by atoms with van der Waals surface area (Å²) in [7, 11) is -2.80. The highest BCUT2D eigenvalue weighted by Gasteiger charge is 2.48. The minimum Gasteiger partial charge on any atom is -0.313 e. The molecular formula is C14H23N5O6S. The van der Waals surface area contributed by atoms with Crippen LogP contribution in [0.3, 0.4) is 0 Å². The Morgan fingerprint density at radius 1 is 1.35 bits per heavy atom. The third-order valence-corrected chi connectivity index (χ3v) is 5.42. The molecule has 12 heteroatoms. The van der Waals surface area contributed by atoms with Gasteiger partial charge in [0, 0.05) is 19.5 Å². The van der Waals surface area contributed by atoms with Crippen molar-refractivity contribution in [1.82, 2.24) is 20.2 Å². The van der Waals surface area contributed by atoms with Crippen LogP contribution < -0.4 is 5.32 Å². The van der Waals surface area contributed by atoms with Crippen molar-refractivity contribution in [2.45, 2.75) is 37.8 Å². The molecule has 0 aromatic heterocycles. The van der Waals surface area contributed by atoms with Crippen molar-refractivity contribution in [2.24, 2.45) is 5.92 Å². The van der Waals surface area contributed by atoms with Crippen LogP contribution in [0.15, 0.2) is 0 Å². The van der Waals surface area contributed by atoms with E-state index in [-0.39, 0.29) is 24.2 Å². The number of rotatable bonds is 5. The van der Waals surface area contributed by atoms with Gasteiger partial charge in [-0.2, -0.15) is 13.5 Å². The third kappa shape index (κ3) is 4.14. The summed E-state index contributed by atoms with van der Waals surface area (Å²) in [6.07, 6.45) is 2.06. The summed E-state index contributed by atoms with van der Waals surface area (Å²) in [5, 5.41) is 11.3. The molecule has 146 valence electrons. The average molecular weight is 389 g/mol. The molecule has 3 fully saturated rings. The quantitative estimate of drug-likeness (QED) is 0.324. The van der Waals surface area contributed by atoms with Crippen molar-refractivity contribution in [1.29, 1.82) is 5.41 Å². The van der Waals surface area contributed by atoms with E-state index < -0.39 is 28.5 Å². The molecule has 3 aliphatic rings. The molecule has 11 nitrogen and oxygen atoms in total. The lowest BCUT2D eigenvalue weighted by Gasteiger charge is -2.30. The molecule has 3 aliphatic heterocycles. The summed E-state index contributed by atoms with van der Waals surface area (Å²) < 4.78 is 34.9. The highest BCUT2D eigenvalue weighted by molar-refractivity contribution is 7.80. The fourth-order valence-electron chi connectivity index (χ4n) is 3.87. The summed E-state index contributed by atoms with van der Waals surface area (Å²) >= 11 is 0. The number of hydrogen-bond acceptors (Lipinski definition) is 7. The Morgan fingerprint density at radius 3 is 2.69 bits per heavy atom. The van der Waals surface area contributed by atoms with Gasteiger partial charge in [0.15, 0.2) is 0 Å². The van der Waals surface area contributed by atoms with Crippen LogP contribution >= 0.6 is 0 Å². The van der Waals surface area contributed by atoms with Crippen molar-refractivity contribution in [3.8, 4) is 0 Å². The lowest BCUT2D eigenvalue weighted by atomic mass is 9.99. The van der Waals surface area contributed by atoms with E-state index in [0.717, 1.165) is 19.5 Å². The van der Waals surface area contributed by atoms with Gasteiger partial charge in [-0.1, -0.05) is 0 Å². The van der Waals surface area contributed by atoms with Crippen LogP contribution in [0.25, 0.3) is 0 Å². The minimum absolute atomic E-state index is 0.0816. The Hall–Kier alpha value is -1.76. The molecule has 0 radical (unpaired) electrons. The highest BCUT2D eigenvalue weighted by Crippen LogP contribution is 2.30. The van der Waals surface area contributed by atoms with Crippen LogP contribution in [0.1, 0.15) is 25.7 Å². The lowest BCUT2D eigenvalue weighted by Crippen LogP contribution is -2.51. The van der Waals surface area contributed by atoms with Gasteiger partial charge < -0.3 is 15.1 Å². The molecule has 26 heavy (non-hydrogen) atoms. The van der Waals surface area contributed by atoms with E-state index in [1.54, 1.807) is 0 Å². The van der Waals surface area contributed by atoms with Gasteiger partial charge in [0.2, 0.25) is 5.91 Å². The SMILES string of the molecule is CN1CCC(CC(=O)NC(=N)C2CCC3CN2C(=O)N3OS(=O)(=O)O)C1. The van der Waals surface area contributed by atoms with Gasteiger partial charge >= 0.3 is 16.4 Å². The fraction of sp³-hybridized carbons (Fsp3) is 0.786. The number of piperidine rings is 1. The summed E-state index contributed by atoms with van der Waals surface area (Å²) in [5.74, 6) is -0.0763. The molecule has 3 amide bonds. The molecule has 0 spiro atoms. The Balaban J connectivity index is 1.57. The Morgan fingerprint density at radius 2 is 2.08 bits per heavy atom. The molecule has 3 N–H and O–H groups in total. The van der Waals surface area contributed by atoms with Crippen LogP contribution in [0, 0.1) is 11.3 Å².